The van der Waals surface area contributed by atoms with Gasteiger partial charge in [-0.2, -0.15) is 0 Å². The third-order valence-electron chi connectivity index (χ3n) is 2.47. The van der Waals surface area contributed by atoms with Crippen LogP contribution in [0, 0.1) is 0 Å². The number of rotatable bonds is 3. The molecule has 5 heteroatoms. The monoisotopic (exact) mass is 224 g/mol. The maximum Gasteiger partial charge on any atom is 0.327 e. The lowest BCUT2D eigenvalue weighted by atomic mass is 9.82. The molecule has 16 heavy (non-hydrogen) atoms. The van der Waals surface area contributed by atoms with Crippen LogP contribution >= 0.6 is 0 Å². The fraction of sp³-hybridized carbons (Fsp3) is 0.273. The second-order valence-corrected chi connectivity index (χ2v) is 3.47. The highest BCUT2D eigenvalue weighted by Crippen LogP contribution is 2.27. The fourth-order valence-corrected chi connectivity index (χ4v) is 1.33. The van der Waals surface area contributed by atoms with E-state index in [0.29, 0.717) is 0 Å². The average molecular weight is 224 g/mol. The topological polar surface area (TPSA) is 83.8 Å². The number of phenols is 1. The molecular weight excluding hydrogens is 212 g/mol. The molecule has 0 aliphatic rings. The van der Waals surface area contributed by atoms with Gasteiger partial charge in [0.2, 0.25) is 0 Å². The van der Waals surface area contributed by atoms with Gasteiger partial charge in [0.25, 0.3) is 0 Å². The van der Waals surface area contributed by atoms with Crippen molar-refractivity contribution in [3.05, 3.63) is 29.8 Å². The predicted molar refractivity (Wildman–Crippen MR) is 55.1 cm³/mol. The van der Waals surface area contributed by atoms with E-state index in [1.54, 1.807) is 0 Å². The maximum atomic E-state index is 11.5. The van der Waals surface area contributed by atoms with Gasteiger partial charge in [0.15, 0.2) is 5.41 Å². The first kappa shape index (κ1) is 12.0. The lowest BCUT2D eigenvalue weighted by molar-refractivity contribution is -0.158. The largest absolute Gasteiger partial charge is 0.508 e. The Kier molecular flexibility index (Phi) is 3.17. The van der Waals surface area contributed by atoms with Gasteiger partial charge in [0, 0.05) is 0 Å². The first-order valence-electron chi connectivity index (χ1n) is 4.54. The molecule has 1 rings (SSSR count). The standard InChI is InChI=1S/C11H12O5/c1-11(9(13)14,10(15)16-2)7-3-5-8(12)6-4-7/h3-6,12H,1-2H3,(H,13,14). The summed E-state index contributed by atoms with van der Waals surface area (Å²) in [6.45, 7) is 1.26. The van der Waals surface area contributed by atoms with Gasteiger partial charge in [0.05, 0.1) is 7.11 Å². The summed E-state index contributed by atoms with van der Waals surface area (Å²) in [7, 11) is 1.13. The second-order valence-electron chi connectivity index (χ2n) is 3.47. The Morgan fingerprint density at radius 1 is 1.25 bits per heavy atom. The molecule has 0 fully saturated rings. The molecule has 1 aromatic carbocycles. The van der Waals surface area contributed by atoms with E-state index >= 15 is 0 Å². The molecule has 1 aromatic rings. The molecule has 0 aliphatic heterocycles. The van der Waals surface area contributed by atoms with E-state index in [-0.39, 0.29) is 11.3 Å². The third-order valence-corrected chi connectivity index (χ3v) is 2.47. The Morgan fingerprint density at radius 3 is 2.12 bits per heavy atom. The van der Waals surface area contributed by atoms with E-state index in [0.717, 1.165) is 7.11 Å². The van der Waals surface area contributed by atoms with Crippen molar-refractivity contribution in [1.29, 1.82) is 0 Å². The number of benzene rings is 1. The number of hydrogen-bond acceptors (Lipinski definition) is 4. The molecule has 0 amide bonds. The van der Waals surface area contributed by atoms with Crippen molar-refractivity contribution >= 4 is 11.9 Å². The van der Waals surface area contributed by atoms with Crippen molar-refractivity contribution in [1.82, 2.24) is 0 Å². The van der Waals surface area contributed by atoms with E-state index in [4.69, 9.17) is 10.2 Å². The number of esters is 1. The molecule has 0 heterocycles. The Morgan fingerprint density at radius 2 is 1.75 bits per heavy atom. The van der Waals surface area contributed by atoms with Crippen molar-refractivity contribution in [3.8, 4) is 5.75 Å². The van der Waals surface area contributed by atoms with Gasteiger partial charge in [-0.05, 0) is 24.6 Å². The fourth-order valence-electron chi connectivity index (χ4n) is 1.33. The van der Waals surface area contributed by atoms with Crippen LogP contribution < -0.4 is 0 Å². The molecule has 0 saturated heterocycles. The van der Waals surface area contributed by atoms with Crippen molar-refractivity contribution in [3.63, 3.8) is 0 Å². The van der Waals surface area contributed by atoms with Crippen LogP contribution in [0.15, 0.2) is 24.3 Å². The summed E-state index contributed by atoms with van der Waals surface area (Å²) in [4.78, 5) is 22.6. The Balaban J connectivity index is 3.27. The van der Waals surface area contributed by atoms with Crippen molar-refractivity contribution in [2.75, 3.05) is 7.11 Å². The van der Waals surface area contributed by atoms with Gasteiger partial charge in [-0.1, -0.05) is 12.1 Å². The lowest BCUT2D eigenvalue weighted by Crippen LogP contribution is -2.41. The number of phenolic OH excluding ortho intramolecular Hbond substituents is 1. The highest BCUT2D eigenvalue weighted by Gasteiger charge is 2.44. The minimum absolute atomic E-state index is 0.00125. The molecule has 1 unspecified atom stereocenters. The molecule has 0 aromatic heterocycles. The third kappa shape index (κ3) is 1.84. The van der Waals surface area contributed by atoms with E-state index in [2.05, 4.69) is 4.74 Å². The molecule has 0 bridgehead atoms. The molecule has 1 atom stereocenters. The van der Waals surface area contributed by atoms with Crippen molar-refractivity contribution in [2.45, 2.75) is 12.3 Å². The van der Waals surface area contributed by atoms with Gasteiger partial charge in [-0.3, -0.25) is 9.59 Å². The smallest absolute Gasteiger partial charge is 0.327 e. The van der Waals surface area contributed by atoms with Crippen LogP contribution in [0.5, 0.6) is 5.75 Å². The summed E-state index contributed by atoms with van der Waals surface area (Å²) in [5.41, 5.74) is -1.51. The Bertz CT molecular complexity index is 409. The molecule has 86 valence electrons. The van der Waals surface area contributed by atoms with Crippen LogP contribution in [0.25, 0.3) is 0 Å². The minimum Gasteiger partial charge on any atom is -0.508 e. The number of aromatic hydroxyl groups is 1. The number of methoxy groups -OCH3 is 1. The van der Waals surface area contributed by atoms with Gasteiger partial charge >= 0.3 is 11.9 Å². The molecule has 0 aliphatic carbocycles. The number of ether oxygens (including phenoxy) is 1. The second kappa shape index (κ2) is 4.22. The van der Waals surface area contributed by atoms with Gasteiger partial charge in [0.1, 0.15) is 5.75 Å². The number of carbonyl (C=O) groups is 2. The highest BCUT2D eigenvalue weighted by atomic mass is 16.5. The molecule has 5 nitrogen and oxygen atoms in total. The number of carboxylic acid groups (broad SMARTS) is 1. The van der Waals surface area contributed by atoms with Crippen LogP contribution in [0.1, 0.15) is 12.5 Å². The first-order valence-corrected chi connectivity index (χ1v) is 4.54. The summed E-state index contributed by atoms with van der Waals surface area (Å²) in [6.07, 6.45) is 0. The summed E-state index contributed by atoms with van der Waals surface area (Å²) < 4.78 is 4.48. The van der Waals surface area contributed by atoms with Crippen LogP contribution in [0.2, 0.25) is 0 Å². The van der Waals surface area contributed by atoms with Crippen LogP contribution in [0.4, 0.5) is 0 Å². The minimum atomic E-state index is -1.76. The van der Waals surface area contributed by atoms with Crippen LogP contribution in [-0.4, -0.2) is 29.3 Å². The number of aliphatic carboxylic acids is 1. The average Bonchev–Trinajstić information content (AvgIpc) is 2.27. The molecule has 0 radical (unpaired) electrons. The van der Waals surface area contributed by atoms with Gasteiger partial charge in [-0.25, -0.2) is 0 Å². The van der Waals surface area contributed by atoms with Crippen LogP contribution in [-0.2, 0) is 19.7 Å². The van der Waals surface area contributed by atoms with Gasteiger partial charge < -0.3 is 14.9 Å². The maximum absolute atomic E-state index is 11.5. The van der Waals surface area contributed by atoms with E-state index in [9.17, 15) is 9.59 Å². The summed E-state index contributed by atoms with van der Waals surface area (Å²) in [5, 5.41) is 18.2. The van der Waals surface area contributed by atoms with E-state index < -0.39 is 17.4 Å². The van der Waals surface area contributed by atoms with Gasteiger partial charge in [-0.15, -0.1) is 0 Å². The van der Waals surface area contributed by atoms with E-state index in [1.807, 2.05) is 0 Å². The quantitative estimate of drug-likeness (QED) is 0.588. The first-order chi connectivity index (χ1) is 7.42. The molecule has 0 saturated carbocycles. The Labute approximate surface area is 92.3 Å². The summed E-state index contributed by atoms with van der Waals surface area (Å²) >= 11 is 0. The van der Waals surface area contributed by atoms with E-state index in [1.165, 1.54) is 31.2 Å². The lowest BCUT2D eigenvalue weighted by Gasteiger charge is -2.22. The number of carbonyl (C=O) groups excluding carboxylic acids is 1. The Hall–Kier alpha value is -2.04. The SMILES string of the molecule is COC(=O)C(C)(C(=O)O)c1ccc(O)cc1. The normalized spacial score (nSPS) is 13.9. The van der Waals surface area contributed by atoms with Crippen molar-refractivity contribution < 1.29 is 24.5 Å². The summed E-state index contributed by atoms with van der Waals surface area (Å²) in [5.74, 6) is -2.16. The predicted octanol–water partition coefficient (Wildman–Crippen LogP) is 0.907. The van der Waals surface area contributed by atoms with Crippen molar-refractivity contribution in [2.24, 2.45) is 0 Å². The van der Waals surface area contributed by atoms with Crippen LogP contribution in [0.3, 0.4) is 0 Å². The number of carboxylic acids is 1. The zero-order valence-electron chi connectivity index (χ0n) is 8.93. The molecule has 2 N–H and O–H groups in total. The number of hydrogen-bond donors (Lipinski definition) is 2. The highest BCUT2D eigenvalue weighted by molar-refractivity contribution is 6.05. The molecular formula is C11H12O5. The summed E-state index contributed by atoms with van der Waals surface area (Å²) in [6, 6.07) is 5.39. The zero-order chi connectivity index (χ0) is 12.3. The molecule has 0 spiro atoms. The zero-order valence-corrected chi connectivity index (χ0v) is 8.93.